The van der Waals surface area contributed by atoms with Gasteiger partial charge in [-0.3, -0.25) is 0 Å². The van der Waals surface area contributed by atoms with Gasteiger partial charge in [0.1, 0.15) is 12.6 Å². The van der Waals surface area contributed by atoms with Crippen molar-refractivity contribution in [3.8, 4) is 0 Å². The van der Waals surface area contributed by atoms with Crippen LogP contribution in [0.3, 0.4) is 0 Å². The van der Waals surface area contributed by atoms with Crippen LogP contribution in [0, 0.1) is 0 Å². The summed E-state index contributed by atoms with van der Waals surface area (Å²) in [4.78, 5) is 20.0. The number of carbonyl (C=O) groups is 2. The summed E-state index contributed by atoms with van der Waals surface area (Å²) in [6, 6.07) is 0. The highest BCUT2D eigenvalue weighted by molar-refractivity contribution is 5.49. The van der Waals surface area contributed by atoms with Crippen molar-refractivity contribution in [1.82, 2.24) is 0 Å². The zero-order valence-corrected chi connectivity index (χ0v) is 9.11. The molecule has 0 aliphatic heterocycles. The molecular formula is C10H19NO4. The van der Waals surface area contributed by atoms with Gasteiger partial charge in [0, 0.05) is 12.8 Å². The van der Waals surface area contributed by atoms with E-state index in [0.29, 0.717) is 39.3 Å². The van der Waals surface area contributed by atoms with E-state index >= 15 is 0 Å². The van der Waals surface area contributed by atoms with Crippen LogP contribution in [0.1, 0.15) is 19.8 Å². The van der Waals surface area contributed by atoms with Gasteiger partial charge in [0.15, 0.2) is 0 Å². The van der Waals surface area contributed by atoms with Gasteiger partial charge in [-0.2, -0.15) is 0 Å². The Hall–Kier alpha value is -0.780. The lowest BCUT2D eigenvalue weighted by Crippen LogP contribution is -2.46. The van der Waals surface area contributed by atoms with Gasteiger partial charge in [0.2, 0.25) is 0 Å². The molecule has 0 saturated heterocycles. The van der Waals surface area contributed by atoms with Crippen LogP contribution in [0.2, 0.25) is 0 Å². The zero-order valence-electron chi connectivity index (χ0n) is 9.11. The Kier molecular flexibility index (Phi) is 8.08. The average Bonchev–Trinajstić information content (AvgIpc) is 2.20. The highest BCUT2D eigenvalue weighted by Crippen LogP contribution is 2.01. The van der Waals surface area contributed by atoms with Crippen LogP contribution in [-0.4, -0.2) is 44.5 Å². The standard InChI is InChI=1S/C10H19NO4/c1-10(11,8-14-6-2-4-12)9-15-7-3-5-13/h4-5H,2-3,6-9,11H2,1H3. The van der Waals surface area contributed by atoms with E-state index in [4.69, 9.17) is 15.2 Å². The SMILES string of the molecule is CC(N)(COCCC=O)COCCC=O. The van der Waals surface area contributed by atoms with Crippen molar-refractivity contribution in [2.45, 2.75) is 25.3 Å². The zero-order chi connectivity index (χ0) is 11.6. The number of hydrogen-bond donors (Lipinski definition) is 1. The van der Waals surface area contributed by atoms with Crippen molar-refractivity contribution in [3.05, 3.63) is 0 Å². The average molecular weight is 217 g/mol. The molecule has 0 saturated carbocycles. The van der Waals surface area contributed by atoms with Crippen LogP contribution in [0.15, 0.2) is 0 Å². The van der Waals surface area contributed by atoms with Gasteiger partial charge in [0.25, 0.3) is 0 Å². The summed E-state index contributed by atoms with van der Waals surface area (Å²) in [7, 11) is 0. The molecule has 15 heavy (non-hydrogen) atoms. The smallest absolute Gasteiger partial charge is 0.122 e. The van der Waals surface area contributed by atoms with E-state index in [0.717, 1.165) is 12.6 Å². The molecule has 0 rings (SSSR count). The molecule has 0 bridgehead atoms. The molecule has 0 aromatic rings. The summed E-state index contributed by atoms with van der Waals surface area (Å²) in [6.07, 6.45) is 2.35. The van der Waals surface area contributed by atoms with Crippen molar-refractivity contribution < 1.29 is 19.1 Å². The highest BCUT2D eigenvalue weighted by atomic mass is 16.5. The molecule has 2 N–H and O–H groups in total. The van der Waals surface area contributed by atoms with E-state index in [1.165, 1.54) is 0 Å². The Morgan fingerprint density at radius 3 is 1.80 bits per heavy atom. The molecule has 0 aliphatic carbocycles. The van der Waals surface area contributed by atoms with Crippen molar-refractivity contribution in [3.63, 3.8) is 0 Å². The first kappa shape index (κ1) is 14.2. The molecule has 0 unspecified atom stereocenters. The number of carbonyl (C=O) groups excluding carboxylic acids is 2. The molecule has 0 aromatic heterocycles. The third kappa shape index (κ3) is 9.52. The van der Waals surface area contributed by atoms with E-state index in [2.05, 4.69) is 0 Å². The molecule has 5 heteroatoms. The Morgan fingerprint density at radius 1 is 1.07 bits per heavy atom. The van der Waals surface area contributed by atoms with Crippen LogP contribution in [0.4, 0.5) is 0 Å². The first-order valence-corrected chi connectivity index (χ1v) is 4.94. The molecule has 0 radical (unpaired) electrons. The van der Waals surface area contributed by atoms with E-state index < -0.39 is 5.54 Å². The van der Waals surface area contributed by atoms with Crippen LogP contribution in [0.25, 0.3) is 0 Å². The number of rotatable bonds is 10. The molecule has 0 atom stereocenters. The second-order valence-corrected chi connectivity index (χ2v) is 3.67. The maximum Gasteiger partial charge on any atom is 0.122 e. The van der Waals surface area contributed by atoms with Crippen LogP contribution in [0.5, 0.6) is 0 Å². The molecular weight excluding hydrogens is 198 g/mol. The van der Waals surface area contributed by atoms with Crippen molar-refractivity contribution in [2.24, 2.45) is 5.73 Å². The second kappa shape index (κ2) is 8.52. The second-order valence-electron chi connectivity index (χ2n) is 3.67. The fraction of sp³-hybridized carbons (Fsp3) is 0.800. The maximum atomic E-state index is 10.0. The fourth-order valence-electron chi connectivity index (χ4n) is 0.915. The molecule has 0 amide bonds. The molecule has 0 aliphatic rings. The van der Waals surface area contributed by atoms with Gasteiger partial charge < -0.3 is 24.8 Å². The number of aldehydes is 2. The van der Waals surface area contributed by atoms with Crippen LogP contribution < -0.4 is 5.73 Å². The Morgan fingerprint density at radius 2 is 1.47 bits per heavy atom. The van der Waals surface area contributed by atoms with E-state index in [-0.39, 0.29) is 0 Å². The van der Waals surface area contributed by atoms with Gasteiger partial charge in [0.05, 0.1) is 32.0 Å². The van der Waals surface area contributed by atoms with E-state index in [1.807, 2.05) is 0 Å². The van der Waals surface area contributed by atoms with E-state index in [9.17, 15) is 9.59 Å². The first-order valence-electron chi connectivity index (χ1n) is 4.94. The van der Waals surface area contributed by atoms with Crippen LogP contribution >= 0.6 is 0 Å². The summed E-state index contributed by atoms with van der Waals surface area (Å²) in [5.41, 5.74) is 5.28. The normalized spacial score (nSPS) is 11.3. The largest absolute Gasteiger partial charge is 0.379 e. The predicted molar refractivity (Wildman–Crippen MR) is 55.6 cm³/mol. The summed E-state index contributed by atoms with van der Waals surface area (Å²) in [6.45, 7) is 3.23. The summed E-state index contributed by atoms with van der Waals surface area (Å²) >= 11 is 0. The lowest BCUT2D eigenvalue weighted by molar-refractivity contribution is -0.109. The molecule has 88 valence electrons. The van der Waals surface area contributed by atoms with Gasteiger partial charge in [-0.15, -0.1) is 0 Å². The van der Waals surface area contributed by atoms with E-state index in [1.54, 1.807) is 6.92 Å². The fourth-order valence-corrected chi connectivity index (χ4v) is 0.915. The monoisotopic (exact) mass is 217 g/mol. The maximum absolute atomic E-state index is 10.0. The number of nitrogens with two attached hydrogens (primary N) is 1. The Balaban J connectivity index is 3.47. The predicted octanol–water partition coefficient (Wildman–Crippen LogP) is -0.0850. The highest BCUT2D eigenvalue weighted by Gasteiger charge is 2.18. The minimum absolute atomic E-state index is 0.335. The summed E-state index contributed by atoms with van der Waals surface area (Å²) < 4.78 is 10.4. The van der Waals surface area contributed by atoms with Gasteiger partial charge >= 0.3 is 0 Å². The van der Waals surface area contributed by atoms with Crippen molar-refractivity contribution >= 4 is 12.6 Å². The number of hydrogen-bond acceptors (Lipinski definition) is 5. The lowest BCUT2D eigenvalue weighted by Gasteiger charge is -2.23. The first-order chi connectivity index (χ1) is 7.12. The molecule has 0 aromatic carbocycles. The minimum atomic E-state index is -0.578. The third-order valence-corrected chi connectivity index (χ3v) is 1.62. The van der Waals surface area contributed by atoms with Crippen molar-refractivity contribution in [1.29, 1.82) is 0 Å². The topological polar surface area (TPSA) is 78.6 Å². The molecule has 5 nitrogen and oxygen atoms in total. The Labute approximate surface area is 89.9 Å². The Bertz CT molecular complexity index is 164. The van der Waals surface area contributed by atoms with Crippen molar-refractivity contribution in [2.75, 3.05) is 26.4 Å². The van der Waals surface area contributed by atoms with Crippen LogP contribution in [-0.2, 0) is 19.1 Å². The van der Waals surface area contributed by atoms with Gasteiger partial charge in [-0.05, 0) is 6.92 Å². The molecule has 0 spiro atoms. The minimum Gasteiger partial charge on any atom is -0.379 e. The number of ether oxygens (including phenoxy) is 2. The molecule has 0 fully saturated rings. The van der Waals surface area contributed by atoms with Gasteiger partial charge in [-0.1, -0.05) is 0 Å². The quantitative estimate of drug-likeness (QED) is 0.409. The lowest BCUT2D eigenvalue weighted by atomic mass is 10.1. The molecule has 0 heterocycles. The third-order valence-electron chi connectivity index (χ3n) is 1.62. The van der Waals surface area contributed by atoms with Gasteiger partial charge in [-0.25, -0.2) is 0 Å². The summed E-state index contributed by atoms with van der Waals surface area (Å²) in [5.74, 6) is 0. The summed E-state index contributed by atoms with van der Waals surface area (Å²) in [5, 5.41) is 0.